The summed E-state index contributed by atoms with van der Waals surface area (Å²) in [6.45, 7) is 0. The standard InChI is InChI=1S/C26H24/c1(3-5-7-9-13-19-25-21-15-11-16-22-25)2-4-6-8-10-14-20-26-23-17-12-18-24-26/h1-24H. The molecule has 0 saturated carbocycles. The molecule has 0 radical (unpaired) electrons. The summed E-state index contributed by atoms with van der Waals surface area (Å²) in [5, 5.41) is 0. The second kappa shape index (κ2) is 13.0. The number of benzene rings is 2. The van der Waals surface area contributed by atoms with Crippen LogP contribution in [0, 0.1) is 0 Å². The third kappa shape index (κ3) is 9.05. The van der Waals surface area contributed by atoms with E-state index < -0.39 is 0 Å². The fourth-order valence-corrected chi connectivity index (χ4v) is 2.10. The van der Waals surface area contributed by atoms with Crippen molar-refractivity contribution in [2.24, 2.45) is 0 Å². The Morgan fingerprint density at radius 1 is 0.308 bits per heavy atom. The molecule has 0 N–H and O–H groups in total. The van der Waals surface area contributed by atoms with Crippen LogP contribution >= 0.6 is 0 Å². The van der Waals surface area contributed by atoms with Gasteiger partial charge in [-0.15, -0.1) is 0 Å². The smallest absolute Gasteiger partial charge is 0.0257 e. The van der Waals surface area contributed by atoms with Crippen molar-refractivity contribution in [3.05, 3.63) is 145 Å². The van der Waals surface area contributed by atoms with Crippen molar-refractivity contribution in [2.75, 3.05) is 0 Å². The SMILES string of the molecule is C(=CC=CC=CC=Cc1ccccc1)C=CC=CC=Cc1ccccc1. The van der Waals surface area contributed by atoms with Gasteiger partial charge in [-0.1, -0.05) is 146 Å². The normalized spacial score (nSPS) is 13.1. The zero-order valence-corrected chi connectivity index (χ0v) is 14.9. The average Bonchev–Trinajstić information content (AvgIpc) is 2.70. The van der Waals surface area contributed by atoms with E-state index in [9.17, 15) is 0 Å². The lowest BCUT2D eigenvalue weighted by atomic mass is 10.2. The van der Waals surface area contributed by atoms with Gasteiger partial charge in [-0.25, -0.2) is 0 Å². The van der Waals surface area contributed by atoms with Gasteiger partial charge in [0, 0.05) is 0 Å². The van der Waals surface area contributed by atoms with E-state index in [1.165, 1.54) is 11.1 Å². The van der Waals surface area contributed by atoms with Crippen LogP contribution in [0.1, 0.15) is 11.1 Å². The van der Waals surface area contributed by atoms with Gasteiger partial charge < -0.3 is 0 Å². The number of hydrogen-bond donors (Lipinski definition) is 0. The molecular weight excluding hydrogens is 312 g/mol. The molecule has 0 heterocycles. The molecule has 0 nitrogen and oxygen atoms in total. The molecule has 128 valence electrons. The average molecular weight is 336 g/mol. The highest BCUT2D eigenvalue weighted by molar-refractivity contribution is 5.51. The highest BCUT2D eigenvalue weighted by Crippen LogP contribution is 2.01. The van der Waals surface area contributed by atoms with Gasteiger partial charge in [0.15, 0.2) is 0 Å². The molecule has 2 aromatic carbocycles. The lowest BCUT2D eigenvalue weighted by Gasteiger charge is -1.87. The molecule has 0 fully saturated rings. The van der Waals surface area contributed by atoms with Crippen LogP contribution in [0.3, 0.4) is 0 Å². The van der Waals surface area contributed by atoms with E-state index in [1.807, 2.05) is 109 Å². The Labute approximate surface area is 157 Å². The molecule has 26 heavy (non-hydrogen) atoms. The summed E-state index contributed by atoms with van der Waals surface area (Å²) in [5.74, 6) is 0. The summed E-state index contributed by atoms with van der Waals surface area (Å²) < 4.78 is 0. The predicted octanol–water partition coefficient (Wildman–Crippen LogP) is 7.19. The van der Waals surface area contributed by atoms with Gasteiger partial charge in [0.1, 0.15) is 0 Å². The van der Waals surface area contributed by atoms with Crippen molar-refractivity contribution in [3.63, 3.8) is 0 Å². The molecule has 0 aliphatic heterocycles. The number of rotatable bonds is 8. The lowest BCUT2D eigenvalue weighted by molar-refractivity contribution is 1.66. The minimum absolute atomic E-state index is 1.21. The van der Waals surface area contributed by atoms with Gasteiger partial charge in [-0.05, 0) is 11.1 Å². The third-order valence-corrected chi connectivity index (χ3v) is 3.40. The third-order valence-electron chi connectivity index (χ3n) is 3.40. The first-order valence-electron chi connectivity index (χ1n) is 8.73. The first kappa shape index (κ1) is 19.0. The van der Waals surface area contributed by atoms with Crippen LogP contribution in [0.2, 0.25) is 0 Å². The fourth-order valence-electron chi connectivity index (χ4n) is 2.10. The Hall–Kier alpha value is -3.38. The summed E-state index contributed by atoms with van der Waals surface area (Å²) in [5.41, 5.74) is 2.41. The van der Waals surface area contributed by atoms with Crippen LogP contribution in [-0.2, 0) is 0 Å². The molecule has 0 aromatic heterocycles. The highest BCUT2D eigenvalue weighted by Gasteiger charge is 1.79. The molecule has 0 unspecified atom stereocenters. The molecule has 0 saturated heterocycles. The highest BCUT2D eigenvalue weighted by atomic mass is 13.9. The Morgan fingerprint density at radius 2 is 0.577 bits per heavy atom. The van der Waals surface area contributed by atoms with Gasteiger partial charge >= 0.3 is 0 Å². The van der Waals surface area contributed by atoms with Crippen molar-refractivity contribution >= 4 is 12.2 Å². The van der Waals surface area contributed by atoms with Crippen LogP contribution in [-0.4, -0.2) is 0 Å². The summed E-state index contributed by atoms with van der Waals surface area (Å²) in [6, 6.07) is 20.5. The number of allylic oxidation sites excluding steroid dienone is 12. The summed E-state index contributed by atoms with van der Waals surface area (Å²) in [7, 11) is 0. The Balaban J connectivity index is 1.63. The van der Waals surface area contributed by atoms with Gasteiger partial charge in [-0.3, -0.25) is 0 Å². The quantitative estimate of drug-likeness (QED) is 0.447. The van der Waals surface area contributed by atoms with Crippen LogP contribution in [0.15, 0.2) is 134 Å². The largest absolute Gasteiger partial charge is 0.0623 e. The van der Waals surface area contributed by atoms with Gasteiger partial charge in [0.05, 0.1) is 0 Å². The van der Waals surface area contributed by atoms with E-state index in [2.05, 4.69) is 36.4 Å². The second-order valence-corrected chi connectivity index (χ2v) is 5.46. The fraction of sp³-hybridized carbons (Fsp3) is 0. The predicted molar refractivity (Wildman–Crippen MR) is 117 cm³/mol. The molecule has 0 bridgehead atoms. The molecule has 2 aromatic rings. The van der Waals surface area contributed by atoms with Crippen LogP contribution in [0.5, 0.6) is 0 Å². The van der Waals surface area contributed by atoms with Gasteiger partial charge in [-0.2, -0.15) is 0 Å². The lowest BCUT2D eigenvalue weighted by Crippen LogP contribution is -1.66. The maximum atomic E-state index is 2.08. The van der Waals surface area contributed by atoms with Crippen molar-refractivity contribution in [3.8, 4) is 0 Å². The molecule has 0 amide bonds. The van der Waals surface area contributed by atoms with Crippen molar-refractivity contribution in [1.82, 2.24) is 0 Å². The molecule has 2 rings (SSSR count). The monoisotopic (exact) mass is 336 g/mol. The zero-order chi connectivity index (χ0) is 18.1. The van der Waals surface area contributed by atoms with E-state index in [-0.39, 0.29) is 0 Å². The number of hydrogen-bond acceptors (Lipinski definition) is 0. The van der Waals surface area contributed by atoms with Gasteiger partial charge in [0.2, 0.25) is 0 Å². The molecular formula is C26H24. The minimum atomic E-state index is 1.21. The Morgan fingerprint density at radius 3 is 0.885 bits per heavy atom. The van der Waals surface area contributed by atoms with Crippen LogP contribution in [0.25, 0.3) is 12.2 Å². The molecule has 0 aliphatic carbocycles. The van der Waals surface area contributed by atoms with Gasteiger partial charge in [0.25, 0.3) is 0 Å². The first-order valence-corrected chi connectivity index (χ1v) is 8.73. The molecule has 0 heteroatoms. The zero-order valence-electron chi connectivity index (χ0n) is 14.9. The second-order valence-electron chi connectivity index (χ2n) is 5.46. The van der Waals surface area contributed by atoms with Crippen molar-refractivity contribution in [1.29, 1.82) is 0 Å². The molecule has 0 spiro atoms. The minimum Gasteiger partial charge on any atom is -0.0623 e. The topological polar surface area (TPSA) is 0 Å². The van der Waals surface area contributed by atoms with E-state index in [0.717, 1.165) is 0 Å². The van der Waals surface area contributed by atoms with E-state index >= 15 is 0 Å². The maximum absolute atomic E-state index is 2.08. The molecule has 0 atom stereocenters. The molecule has 0 aliphatic rings. The van der Waals surface area contributed by atoms with Crippen LogP contribution in [0.4, 0.5) is 0 Å². The first-order chi connectivity index (χ1) is 12.9. The van der Waals surface area contributed by atoms with E-state index in [1.54, 1.807) is 0 Å². The summed E-state index contributed by atoms with van der Waals surface area (Å²) >= 11 is 0. The Bertz CT molecular complexity index is 739. The Kier molecular flexibility index (Phi) is 9.46. The van der Waals surface area contributed by atoms with Crippen molar-refractivity contribution in [2.45, 2.75) is 0 Å². The van der Waals surface area contributed by atoms with E-state index in [4.69, 9.17) is 0 Å². The van der Waals surface area contributed by atoms with Crippen LogP contribution < -0.4 is 0 Å². The van der Waals surface area contributed by atoms with E-state index in [0.29, 0.717) is 0 Å². The maximum Gasteiger partial charge on any atom is -0.0257 e. The van der Waals surface area contributed by atoms with Crippen molar-refractivity contribution < 1.29 is 0 Å². The summed E-state index contributed by atoms with van der Waals surface area (Å²) in [6.07, 6.45) is 28.4. The summed E-state index contributed by atoms with van der Waals surface area (Å²) in [4.78, 5) is 0.